The van der Waals surface area contributed by atoms with Gasteiger partial charge in [-0.3, -0.25) is 4.79 Å². The highest BCUT2D eigenvalue weighted by Crippen LogP contribution is 2.14. The molecule has 0 saturated carbocycles. The minimum Gasteiger partial charge on any atom is -0.497 e. The molecule has 7 nitrogen and oxygen atoms in total. The van der Waals surface area contributed by atoms with Gasteiger partial charge >= 0.3 is 0 Å². The van der Waals surface area contributed by atoms with E-state index in [1.165, 1.54) is 37.4 Å². The fraction of sp³-hybridized carbons (Fsp3) is 0.125. The van der Waals surface area contributed by atoms with Gasteiger partial charge in [0.25, 0.3) is 10.0 Å². The Morgan fingerprint density at radius 3 is 2.25 bits per heavy atom. The minimum atomic E-state index is -3.77. The quantitative estimate of drug-likeness (QED) is 0.617. The molecule has 0 aromatic heterocycles. The Balaban J connectivity index is 2.04. The van der Waals surface area contributed by atoms with Gasteiger partial charge in [-0.2, -0.15) is 13.5 Å². The lowest BCUT2D eigenvalue weighted by Crippen LogP contribution is -2.18. The van der Waals surface area contributed by atoms with E-state index in [9.17, 15) is 13.2 Å². The van der Waals surface area contributed by atoms with Crippen molar-refractivity contribution in [3.63, 3.8) is 0 Å². The Bertz CT molecular complexity index is 829. The summed E-state index contributed by atoms with van der Waals surface area (Å²) in [4.78, 5) is 13.1. The topological polar surface area (TPSA) is 96.9 Å². The first kappa shape index (κ1) is 17.5. The van der Waals surface area contributed by atoms with Gasteiger partial charge in [0, 0.05) is 12.6 Å². The van der Waals surface area contributed by atoms with Crippen LogP contribution in [-0.4, -0.2) is 27.6 Å². The Kier molecular flexibility index (Phi) is 5.54. The summed E-state index contributed by atoms with van der Waals surface area (Å²) in [6.07, 6.45) is 1.39. The first-order valence-electron chi connectivity index (χ1n) is 6.97. The summed E-state index contributed by atoms with van der Waals surface area (Å²) in [6.45, 7) is 1.38. The highest BCUT2D eigenvalue weighted by atomic mass is 32.2. The number of hydrogen-bond acceptors (Lipinski definition) is 5. The second-order valence-electron chi connectivity index (χ2n) is 4.83. The summed E-state index contributed by atoms with van der Waals surface area (Å²) in [5.74, 6) is 0.472. The number of hydrogen-bond donors (Lipinski definition) is 2. The van der Waals surface area contributed by atoms with Crippen LogP contribution in [0.2, 0.25) is 0 Å². The Labute approximate surface area is 140 Å². The fourth-order valence-electron chi connectivity index (χ4n) is 1.83. The van der Waals surface area contributed by atoms with Gasteiger partial charge < -0.3 is 10.1 Å². The molecule has 0 aliphatic carbocycles. The van der Waals surface area contributed by atoms with E-state index in [0.717, 1.165) is 5.56 Å². The molecule has 0 aliphatic rings. The Morgan fingerprint density at radius 1 is 1.08 bits per heavy atom. The smallest absolute Gasteiger partial charge is 0.276 e. The van der Waals surface area contributed by atoms with E-state index in [4.69, 9.17) is 4.74 Å². The van der Waals surface area contributed by atoms with Crippen LogP contribution in [0.1, 0.15) is 12.5 Å². The molecule has 1 amide bonds. The number of carbonyl (C=O) groups is 1. The number of amides is 1. The lowest BCUT2D eigenvalue weighted by atomic mass is 10.2. The lowest BCUT2D eigenvalue weighted by Gasteiger charge is -2.05. The van der Waals surface area contributed by atoms with Crippen molar-refractivity contribution >= 4 is 27.8 Å². The minimum absolute atomic E-state index is 0.0449. The van der Waals surface area contributed by atoms with Crippen LogP contribution in [0.15, 0.2) is 58.5 Å². The van der Waals surface area contributed by atoms with Crippen molar-refractivity contribution in [2.24, 2.45) is 5.10 Å². The summed E-state index contributed by atoms with van der Waals surface area (Å²) < 4.78 is 29.3. The molecule has 0 radical (unpaired) electrons. The number of hydrazone groups is 1. The number of anilines is 1. The van der Waals surface area contributed by atoms with Crippen molar-refractivity contribution in [1.29, 1.82) is 0 Å². The van der Waals surface area contributed by atoms with Crippen LogP contribution in [0.3, 0.4) is 0 Å². The maximum atomic E-state index is 12.1. The number of rotatable bonds is 6. The van der Waals surface area contributed by atoms with Crippen LogP contribution in [0.5, 0.6) is 5.75 Å². The molecule has 0 saturated heterocycles. The van der Waals surface area contributed by atoms with Crippen molar-refractivity contribution in [3.05, 3.63) is 54.1 Å². The number of nitrogens with zero attached hydrogens (tertiary/aromatic N) is 1. The normalized spacial score (nSPS) is 11.2. The van der Waals surface area contributed by atoms with Crippen molar-refractivity contribution in [2.75, 3.05) is 12.4 Å². The average molecular weight is 347 g/mol. The largest absolute Gasteiger partial charge is 0.497 e. The third-order valence-electron chi connectivity index (χ3n) is 2.99. The Hall–Kier alpha value is -2.87. The summed E-state index contributed by atoms with van der Waals surface area (Å²) in [7, 11) is -2.21. The van der Waals surface area contributed by atoms with Gasteiger partial charge in [0.15, 0.2) is 0 Å². The van der Waals surface area contributed by atoms with Crippen LogP contribution >= 0.6 is 0 Å². The van der Waals surface area contributed by atoms with Crippen LogP contribution in [0.25, 0.3) is 0 Å². The molecule has 0 unspecified atom stereocenters. The highest BCUT2D eigenvalue weighted by molar-refractivity contribution is 7.89. The van der Waals surface area contributed by atoms with Crippen molar-refractivity contribution in [2.45, 2.75) is 11.8 Å². The van der Waals surface area contributed by atoms with Gasteiger partial charge in [-0.25, -0.2) is 4.83 Å². The van der Waals surface area contributed by atoms with Crippen LogP contribution in [0.4, 0.5) is 5.69 Å². The van der Waals surface area contributed by atoms with Gasteiger partial charge in [0.05, 0.1) is 18.2 Å². The fourth-order valence-corrected chi connectivity index (χ4v) is 2.62. The molecule has 0 spiro atoms. The maximum Gasteiger partial charge on any atom is 0.276 e. The van der Waals surface area contributed by atoms with Gasteiger partial charge in [-0.05, 0) is 54.1 Å². The Morgan fingerprint density at radius 2 is 1.71 bits per heavy atom. The third-order valence-corrected chi connectivity index (χ3v) is 4.23. The van der Waals surface area contributed by atoms with Gasteiger partial charge in [-0.15, -0.1) is 0 Å². The van der Waals surface area contributed by atoms with E-state index in [0.29, 0.717) is 11.4 Å². The average Bonchev–Trinajstić information content (AvgIpc) is 2.55. The van der Waals surface area contributed by atoms with E-state index in [-0.39, 0.29) is 10.8 Å². The number of benzene rings is 2. The lowest BCUT2D eigenvalue weighted by molar-refractivity contribution is -0.114. The first-order valence-corrected chi connectivity index (χ1v) is 8.45. The van der Waals surface area contributed by atoms with E-state index in [1.807, 2.05) is 0 Å². The summed E-state index contributed by atoms with van der Waals surface area (Å²) in [6, 6.07) is 12.8. The molecule has 8 heteroatoms. The number of methoxy groups -OCH3 is 1. The SMILES string of the molecule is COc1ccc(/C=N/NS(=O)(=O)c2ccc(NC(C)=O)cc2)cc1. The molecule has 0 bridgehead atoms. The maximum absolute atomic E-state index is 12.1. The molecular weight excluding hydrogens is 330 g/mol. The second kappa shape index (κ2) is 7.60. The summed E-state index contributed by atoms with van der Waals surface area (Å²) in [5.41, 5.74) is 1.24. The molecule has 2 rings (SSSR count). The summed E-state index contributed by atoms with van der Waals surface area (Å²) in [5, 5.41) is 6.31. The molecule has 0 atom stereocenters. The predicted molar refractivity (Wildman–Crippen MR) is 91.7 cm³/mol. The zero-order chi connectivity index (χ0) is 17.6. The first-order chi connectivity index (χ1) is 11.4. The van der Waals surface area contributed by atoms with Crippen LogP contribution in [-0.2, 0) is 14.8 Å². The van der Waals surface area contributed by atoms with E-state index in [2.05, 4.69) is 15.2 Å². The zero-order valence-corrected chi connectivity index (χ0v) is 14.0. The van der Waals surface area contributed by atoms with Gasteiger partial charge in [-0.1, -0.05) is 0 Å². The third kappa shape index (κ3) is 4.82. The molecule has 2 aromatic carbocycles. The van der Waals surface area contributed by atoms with Crippen molar-refractivity contribution in [3.8, 4) is 5.75 Å². The van der Waals surface area contributed by atoms with Crippen LogP contribution < -0.4 is 14.9 Å². The van der Waals surface area contributed by atoms with Crippen molar-refractivity contribution < 1.29 is 17.9 Å². The van der Waals surface area contributed by atoms with E-state index < -0.39 is 10.0 Å². The van der Waals surface area contributed by atoms with E-state index in [1.54, 1.807) is 31.4 Å². The molecule has 0 fully saturated rings. The molecule has 126 valence electrons. The molecular formula is C16H17N3O4S. The second-order valence-corrected chi connectivity index (χ2v) is 6.49. The van der Waals surface area contributed by atoms with Gasteiger partial charge in [0.2, 0.25) is 5.91 Å². The van der Waals surface area contributed by atoms with Crippen LogP contribution in [0, 0.1) is 0 Å². The number of carbonyl (C=O) groups excluding carboxylic acids is 1. The molecule has 0 heterocycles. The standard InChI is InChI=1S/C16H17N3O4S/c1-12(20)18-14-5-9-16(10-6-14)24(21,22)19-17-11-13-3-7-15(23-2)8-4-13/h3-11,19H,1-2H3,(H,18,20)/b17-11+. The predicted octanol–water partition coefficient (Wildman–Crippen LogP) is 1.97. The molecule has 2 N–H and O–H groups in total. The summed E-state index contributed by atoms with van der Waals surface area (Å²) >= 11 is 0. The molecule has 2 aromatic rings. The van der Waals surface area contributed by atoms with Gasteiger partial charge in [0.1, 0.15) is 5.75 Å². The zero-order valence-electron chi connectivity index (χ0n) is 13.2. The number of ether oxygens (including phenoxy) is 1. The van der Waals surface area contributed by atoms with E-state index >= 15 is 0 Å². The number of nitrogens with one attached hydrogen (secondary N) is 2. The van der Waals surface area contributed by atoms with Crippen molar-refractivity contribution in [1.82, 2.24) is 4.83 Å². The highest BCUT2D eigenvalue weighted by Gasteiger charge is 2.12. The molecule has 0 aliphatic heterocycles. The molecule has 24 heavy (non-hydrogen) atoms. The monoisotopic (exact) mass is 347 g/mol. The number of sulfonamides is 1.